The highest BCUT2D eigenvalue weighted by Gasteiger charge is 2.27. The Bertz CT molecular complexity index is 623. The summed E-state index contributed by atoms with van der Waals surface area (Å²) in [4.78, 5) is 18.5. The van der Waals surface area contributed by atoms with Crippen LogP contribution in [0.2, 0.25) is 0 Å². The highest BCUT2D eigenvalue weighted by atomic mass is 16.5. The van der Waals surface area contributed by atoms with Gasteiger partial charge in [0.2, 0.25) is 0 Å². The first kappa shape index (κ1) is 21.1. The quantitative estimate of drug-likeness (QED) is 0.451. The minimum atomic E-state index is -0.0728. The first-order chi connectivity index (χ1) is 13.0. The average molecular weight is 376 g/mol. The van der Waals surface area contributed by atoms with Crippen molar-refractivity contribution in [2.24, 2.45) is 16.8 Å². The number of carbonyl (C=O) groups excluding carboxylic acids is 1. The monoisotopic (exact) mass is 375 g/mol. The maximum Gasteiger partial charge on any atom is 0.309 e. The Hall–Kier alpha value is -2.24. The van der Waals surface area contributed by atoms with Gasteiger partial charge in [-0.25, -0.2) is 0 Å². The maximum atomic E-state index is 11.9. The predicted molar refractivity (Wildman–Crippen MR) is 108 cm³/mol. The highest BCUT2D eigenvalue weighted by molar-refractivity contribution is 5.80. The van der Waals surface area contributed by atoms with Crippen molar-refractivity contribution >= 4 is 11.9 Å². The van der Waals surface area contributed by atoms with Crippen LogP contribution in [-0.2, 0) is 16.1 Å². The largest absolute Gasteiger partial charge is 0.493 e. The maximum absolute atomic E-state index is 11.9. The zero-order chi connectivity index (χ0) is 19.6. The number of rotatable bonds is 7. The fraction of sp³-hybridized carbons (Fsp3) is 0.619. The molecule has 0 saturated carbocycles. The number of guanidine groups is 1. The second-order valence-electron chi connectivity index (χ2n) is 7.23. The summed E-state index contributed by atoms with van der Waals surface area (Å²) in [6.45, 7) is 9.53. The first-order valence-corrected chi connectivity index (χ1v) is 9.88. The van der Waals surface area contributed by atoms with Crippen LogP contribution in [0.5, 0.6) is 5.75 Å². The lowest BCUT2D eigenvalue weighted by Gasteiger charge is -2.33. The third-order valence-electron chi connectivity index (χ3n) is 4.61. The van der Waals surface area contributed by atoms with Gasteiger partial charge in [0, 0.05) is 32.2 Å². The molecule has 150 valence electrons. The molecule has 0 aliphatic carbocycles. The number of esters is 1. The molecule has 27 heavy (non-hydrogen) atoms. The van der Waals surface area contributed by atoms with E-state index in [1.165, 1.54) is 0 Å². The van der Waals surface area contributed by atoms with E-state index in [0.717, 1.165) is 43.2 Å². The second kappa shape index (κ2) is 10.8. The number of carbonyl (C=O) groups is 1. The van der Waals surface area contributed by atoms with Crippen molar-refractivity contribution in [3.05, 3.63) is 29.8 Å². The lowest BCUT2D eigenvalue weighted by atomic mass is 9.97. The number of aliphatic imine (C=N–C) groups is 1. The molecule has 1 saturated heterocycles. The molecule has 0 bridgehead atoms. The standard InChI is InChI=1S/C21H33N3O3/c1-5-26-20(25)17-10-12-24(13-11-17)21(22-4)23-14-18-8-6-7-9-19(18)27-15-16(2)3/h6-9,16-17H,5,10-15H2,1-4H3,(H,22,23). The molecule has 2 rings (SSSR count). The SMILES string of the molecule is CCOC(=O)C1CCN(C(=NC)NCc2ccccc2OCC(C)C)CC1. The van der Waals surface area contributed by atoms with Crippen LogP contribution in [0.3, 0.4) is 0 Å². The van der Waals surface area contributed by atoms with Crippen molar-refractivity contribution in [2.45, 2.75) is 40.2 Å². The van der Waals surface area contributed by atoms with E-state index in [0.29, 0.717) is 25.7 Å². The minimum absolute atomic E-state index is 0.00413. The fourth-order valence-corrected chi connectivity index (χ4v) is 3.14. The number of para-hydroxylation sites is 1. The summed E-state index contributed by atoms with van der Waals surface area (Å²) in [7, 11) is 1.79. The number of hydrogen-bond donors (Lipinski definition) is 1. The van der Waals surface area contributed by atoms with E-state index in [9.17, 15) is 4.79 Å². The molecule has 1 fully saturated rings. The molecule has 0 amide bonds. The minimum Gasteiger partial charge on any atom is -0.493 e. The van der Waals surface area contributed by atoms with Gasteiger partial charge in [0.05, 0.1) is 19.1 Å². The van der Waals surface area contributed by atoms with Crippen LogP contribution in [0, 0.1) is 11.8 Å². The normalized spacial score (nSPS) is 15.7. The van der Waals surface area contributed by atoms with Crippen molar-refractivity contribution < 1.29 is 14.3 Å². The van der Waals surface area contributed by atoms with E-state index in [1.807, 2.05) is 25.1 Å². The molecule has 1 aliphatic heterocycles. The van der Waals surface area contributed by atoms with Gasteiger partial charge in [-0.15, -0.1) is 0 Å². The summed E-state index contributed by atoms with van der Waals surface area (Å²) in [5, 5.41) is 3.43. The molecular formula is C21H33N3O3. The van der Waals surface area contributed by atoms with Crippen LogP contribution < -0.4 is 10.1 Å². The first-order valence-electron chi connectivity index (χ1n) is 9.88. The molecule has 0 radical (unpaired) electrons. The molecular weight excluding hydrogens is 342 g/mol. The van der Waals surface area contributed by atoms with E-state index in [2.05, 4.69) is 35.1 Å². The molecule has 1 N–H and O–H groups in total. The third kappa shape index (κ3) is 6.45. The summed E-state index contributed by atoms with van der Waals surface area (Å²) in [6.07, 6.45) is 1.60. The predicted octanol–water partition coefficient (Wildman–Crippen LogP) is 3.07. The number of nitrogens with zero attached hydrogens (tertiary/aromatic N) is 2. The van der Waals surface area contributed by atoms with Crippen LogP contribution in [0.1, 0.15) is 39.2 Å². The second-order valence-corrected chi connectivity index (χ2v) is 7.23. The number of hydrogen-bond acceptors (Lipinski definition) is 4. The molecule has 6 heteroatoms. The fourth-order valence-electron chi connectivity index (χ4n) is 3.14. The highest BCUT2D eigenvalue weighted by Crippen LogP contribution is 2.20. The zero-order valence-electron chi connectivity index (χ0n) is 17.0. The van der Waals surface area contributed by atoms with Gasteiger partial charge in [0.1, 0.15) is 5.75 Å². The van der Waals surface area contributed by atoms with Gasteiger partial charge < -0.3 is 19.7 Å². The van der Waals surface area contributed by atoms with Gasteiger partial charge in [0.25, 0.3) is 0 Å². The Morgan fingerprint density at radius 3 is 2.63 bits per heavy atom. The zero-order valence-corrected chi connectivity index (χ0v) is 17.0. The van der Waals surface area contributed by atoms with Gasteiger partial charge >= 0.3 is 5.97 Å². The van der Waals surface area contributed by atoms with Crippen LogP contribution in [0.25, 0.3) is 0 Å². The molecule has 0 aromatic heterocycles. The van der Waals surface area contributed by atoms with Gasteiger partial charge in [0.15, 0.2) is 5.96 Å². The summed E-state index contributed by atoms with van der Waals surface area (Å²) < 4.78 is 11.1. The average Bonchev–Trinajstić information content (AvgIpc) is 2.68. The number of benzene rings is 1. The molecule has 1 heterocycles. The molecule has 1 aromatic carbocycles. The summed E-state index contributed by atoms with van der Waals surface area (Å²) >= 11 is 0. The van der Waals surface area contributed by atoms with Crippen molar-refractivity contribution in [1.82, 2.24) is 10.2 Å². The molecule has 6 nitrogen and oxygen atoms in total. The smallest absolute Gasteiger partial charge is 0.309 e. The molecule has 1 aliphatic rings. The Balaban J connectivity index is 1.89. The summed E-state index contributed by atoms with van der Waals surface area (Å²) in [6, 6.07) is 8.09. The van der Waals surface area contributed by atoms with Gasteiger partial charge in [-0.1, -0.05) is 32.0 Å². The van der Waals surface area contributed by atoms with Gasteiger partial charge in [-0.05, 0) is 31.7 Å². The van der Waals surface area contributed by atoms with Gasteiger partial charge in [-0.2, -0.15) is 0 Å². The van der Waals surface area contributed by atoms with Gasteiger partial charge in [-0.3, -0.25) is 9.79 Å². The van der Waals surface area contributed by atoms with E-state index >= 15 is 0 Å². The lowest BCUT2D eigenvalue weighted by molar-refractivity contribution is -0.149. The molecule has 1 aromatic rings. The topological polar surface area (TPSA) is 63.2 Å². The Morgan fingerprint density at radius 2 is 2.00 bits per heavy atom. The van der Waals surface area contributed by atoms with Crippen LogP contribution >= 0.6 is 0 Å². The number of ether oxygens (including phenoxy) is 2. The lowest BCUT2D eigenvalue weighted by Crippen LogP contribution is -2.46. The number of piperidine rings is 1. The molecule has 0 spiro atoms. The van der Waals surface area contributed by atoms with Crippen molar-refractivity contribution in [1.29, 1.82) is 0 Å². The molecule has 0 unspecified atom stereocenters. The van der Waals surface area contributed by atoms with E-state index < -0.39 is 0 Å². The van der Waals surface area contributed by atoms with E-state index in [4.69, 9.17) is 9.47 Å². The number of nitrogens with one attached hydrogen (secondary N) is 1. The number of likely N-dealkylation sites (tertiary alicyclic amines) is 1. The van der Waals surface area contributed by atoms with E-state index in [-0.39, 0.29) is 11.9 Å². The Morgan fingerprint density at radius 1 is 1.30 bits per heavy atom. The van der Waals surface area contributed by atoms with Crippen LogP contribution in [0.4, 0.5) is 0 Å². The third-order valence-corrected chi connectivity index (χ3v) is 4.61. The van der Waals surface area contributed by atoms with E-state index in [1.54, 1.807) is 7.05 Å². The van der Waals surface area contributed by atoms with Crippen molar-refractivity contribution in [3.63, 3.8) is 0 Å². The summed E-state index contributed by atoms with van der Waals surface area (Å²) in [5.74, 6) is 2.19. The van der Waals surface area contributed by atoms with Crippen molar-refractivity contribution in [3.8, 4) is 5.75 Å². The Kier molecular flexibility index (Phi) is 8.43. The molecule has 0 atom stereocenters. The van der Waals surface area contributed by atoms with Crippen LogP contribution in [-0.4, -0.2) is 50.2 Å². The summed E-state index contributed by atoms with van der Waals surface area (Å²) in [5.41, 5.74) is 1.11. The van der Waals surface area contributed by atoms with Crippen LogP contribution in [0.15, 0.2) is 29.3 Å². The van der Waals surface area contributed by atoms with Crippen molar-refractivity contribution in [2.75, 3.05) is 33.4 Å². The Labute approximate surface area is 162 Å².